The number of thioether (sulfide) groups is 1. The molecule has 0 aliphatic heterocycles. The summed E-state index contributed by atoms with van der Waals surface area (Å²) in [6, 6.07) is 19.7. The maximum absolute atomic E-state index is 13.5. The number of amides is 1. The van der Waals surface area contributed by atoms with Gasteiger partial charge in [-0.3, -0.25) is 9.36 Å². The molecule has 0 radical (unpaired) electrons. The highest BCUT2D eigenvalue weighted by atomic mass is 32.2. The minimum absolute atomic E-state index is 0.0864. The van der Waals surface area contributed by atoms with Gasteiger partial charge in [-0.1, -0.05) is 48.2 Å². The van der Waals surface area contributed by atoms with Gasteiger partial charge < -0.3 is 9.73 Å². The number of benzene rings is 2. The molecule has 0 spiro atoms. The molecule has 1 saturated carbocycles. The largest absolute Gasteiger partial charge is 0.467 e. The Labute approximate surface area is 197 Å². The fraction of sp³-hybridized carbons (Fsp3) is 0.269. The Bertz CT molecular complexity index is 1230. The summed E-state index contributed by atoms with van der Waals surface area (Å²) >= 11 is 1.43. The van der Waals surface area contributed by atoms with Crippen molar-refractivity contribution >= 4 is 23.4 Å². The van der Waals surface area contributed by atoms with Crippen LogP contribution in [0.4, 0.5) is 5.69 Å². The van der Waals surface area contributed by atoms with Gasteiger partial charge in [-0.05, 0) is 67.6 Å². The third kappa shape index (κ3) is 5.03. The average Bonchev–Trinajstić information content (AvgIpc) is 3.36. The highest BCUT2D eigenvalue weighted by Gasteiger charge is 2.32. The summed E-state index contributed by atoms with van der Waals surface area (Å²) in [5.41, 5.74) is 3.95. The molecule has 0 saturated heterocycles. The second kappa shape index (κ2) is 9.27. The number of nitrogens with one attached hydrogen (secondary N) is 1. The number of anilines is 1. The Morgan fingerprint density at radius 2 is 1.85 bits per heavy atom. The van der Waals surface area contributed by atoms with Gasteiger partial charge in [0.1, 0.15) is 16.8 Å². The second-order valence-corrected chi connectivity index (χ2v) is 9.63. The van der Waals surface area contributed by atoms with E-state index in [0.29, 0.717) is 12.5 Å². The van der Waals surface area contributed by atoms with Crippen molar-refractivity contribution in [3.8, 4) is 0 Å². The van der Waals surface area contributed by atoms with E-state index in [0.717, 1.165) is 52.0 Å². The lowest BCUT2D eigenvalue weighted by molar-refractivity contribution is -0.115. The van der Waals surface area contributed by atoms with Gasteiger partial charge in [0, 0.05) is 11.6 Å². The van der Waals surface area contributed by atoms with E-state index in [4.69, 9.17) is 4.42 Å². The highest BCUT2D eigenvalue weighted by molar-refractivity contribution is 8.00. The molecule has 1 atom stereocenters. The Morgan fingerprint density at radius 3 is 2.52 bits per heavy atom. The van der Waals surface area contributed by atoms with Crippen molar-refractivity contribution in [3.63, 3.8) is 0 Å². The minimum Gasteiger partial charge on any atom is -0.467 e. The molecule has 1 unspecified atom stereocenters. The standard InChI is InChI=1S/C26H26N4O2S/c1-17-13-18(2)15-21(14-17)27-25(31)23(19-7-4-3-5-8-19)33-26-29-28-24(20-10-11-20)30(26)16-22-9-6-12-32-22/h3-9,12-15,20,23H,10-11,16H2,1-2H3,(H,27,31). The van der Waals surface area contributed by atoms with Gasteiger partial charge in [0.15, 0.2) is 5.16 Å². The predicted octanol–water partition coefficient (Wildman–Crippen LogP) is 5.89. The highest BCUT2D eigenvalue weighted by Crippen LogP contribution is 2.42. The molecule has 6 nitrogen and oxygen atoms in total. The van der Waals surface area contributed by atoms with Crippen molar-refractivity contribution in [1.29, 1.82) is 0 Å². The van der Waals surface area contributed by atoms with Crippen LogP contribution in [0.2, 0.25) is 0 Å². The Kier molecular flexibility index (Phi) is 6.05. The van der Waals surface area contributed by atoms with E-state index < -0.39 is 5.25 Å². The quantitative estimate of drug-likeness (QED) is 0.334. The van der Waals surface area contributed by atoms with Gasteiger partial charge in [-0.15, -0.1) is 10.2 Å². The smallest absolute Gasteiger partial charge is 0.242 e. The van der Waals surface area contributed by atoms with Crippen LogP contribution in [0, 0.1) is 13.8 Å². The zero-order chi connectivity index (χ0) is 22.8. The van der Waals surface area contributed by atoms with Crippen molar-refractivity contribution in [3.05, 3.63) is 95.2 Å². The Hall–Kier alpha value is -3.32. The van der Waals surface area contributed by atoms with E-state index in [9.17, 15) is 4.79 Å². The van der Waals surface area contributed by atoms with Crippen LogP contribution in [0.15, 0.2) is 76.5 Å². The number of furan rings is 1. The molecule has 1 amide bonds. The molecule has 7 heteroatoms. The van der Waals surface area contributed by atoms with Crippen molar-refractivity contribution in [2.75, 3.05) is 5.32 Å². The van der Waals surface area contributed by atoms with E-state index >= 15 is 0 Å². The Morgan fingerprint density at radius 1 is 1.09 bits per heavy atom. The number of rotatable bonds is 8. The van der Waals surface area contributed by atoms with Crippen molar-refractivity contribution in [2.45, 2.75) is 49.6 Å². The topological polar surface area (TPSA) is 73.0 Å². The van der Waals surface area contributed by atoms with Gasteiger partial charge >= 0.3 is 0 Å². The molecule has 1 fully saturated rings. The summed E-state index contributed by atoms with van der Waals surface area (Å²) in [4.78, 5) is 13.5. The molecule has 1 N–H and O–H groups in total. The van der Waals surface area contributed by atoms with E-state index in [-0.39, 0.29) is 5.91 Å². The molecular formula is C26H26N4O2S. The number of aromatic nitrogens is 3. The second-order valence-electron chi connectivity index (χ2n) is 8.55. The van der Waals surface area contributed by atoms with E-state index in [1.807, 2.05) is 68.4 Å². The summed E-state index contributed by atoms with van der Waals surface area (Å²) in [5, 5.41) is 12.3. The van der Waals surface area contributed by atoms with Crippen LogP contribution in [0.3, 0.4) is 0 Å². The summed E-state index contributed by atoms with van der Waals surface area (Å²) in [6.45, 7) is 4.61. The van der Waals surface area contributed by atoms with Gasteiger partial charge in [0.2, 0.25) is 5.91 Å². The van der Waals surface area contributed by atoms with Crippen LogP contribution in [0.1, 0.15) is 52.3 Å². The predicted molar refractivity (Wildman–Crippen MR) is 129 cm³/mol. The first-order valence-corrected chi connectivity index (χ1v) is 12.0. The molecule has 1 aliphatic carbocycles. The number of nitrogens with zero attached hydrogens (tertiary/aromatic N) is 3. The number of hydrogen-bond donors (Lipinski definition) is 1. The van der Waals surface area contributed by atoms with Crippen molar-refractivity contribution in [1.82, 2.24) is 14.8 Å². The fourth-order valence-corrected chi connectivity index (χ4v) is 5.04. The summed E-state index contributed by atoms with van der Waals surface area (Å²) in [5.74, 6) is 2.16. The number of carbonyl (C=O) groups excluding carboxylic acids is 1. The van der Waals surface area contributed by atoms with E-state index in [1.165, 1.54) is 11.8 Å². The molecule has 2 heterocycles. The van der Waals surface area contributed by atoms with Crippen molar-refractivity contribution < 1.29 is 9.21 Å². The normalized spacial score (nSPS) is 14.2. The first-order chi connectivity index (χ1) is 16.1. The van der Waals surface area contributed by atoms with E-state index in [2.05, 4.69) is 26.1 Å². The number of hydrogen-bond acceptors (Lipinski definition) is 5. The van der Waals surface area contributed by atoms with Gasteiger partial charge in [0.05, 0.1) is 12.8 Å². The molecule has 4 aromatic rings. The molecule has 33 heavy (non-hydrogen) atoms. The van der Waals surface area contributed by atoms with Crippen LogP contribution in [-0.4, -0.2) is 20.7 Å². The fourth-order valence-electron chi connectivity index (χ4n) is 4.00. The molecule has 5 rings (SSSR count). The molecule has 168 valence electrons. The zero-order valence-corrected chi connectivity index (χ0v) is 19.5. The Balaban J connectivity index is 1.46. The summed E-state index contributed by atoms with van der Waals surface area (Å²) in [7, 11) is 0. The van der Waals surface area contributed by atoms with Crippen LogP contribution < -0.4 is 5.32 Å². The zero-order valence-electron chi connectivity index (χ0n) is 18.7. The maximum Gasteiger partial charge on any atom is 0.242 e. The van der Waals surface area contributed by atoms with Gasteiger partial charge in [-0.2, -0.15) is 0 Å². The van der Waals surface area contributed by atoms with Gasteiger partial charge in [-0.25, -0.2) is 0 Å². The average molecular weight is 459 g/mol. The third-order valence-electron chi connectivity index (χ3n) is 5.63. The molecular weight excluding hydrogens is 432 g/mol. The summed E-state index contributed by atoms with van der Waals surface area (Å²) < 4.78 is 7.69. The van der Waals surface area contributed by atoms with E-state index in [1.54, 1.807) is 6.26 Å². The minimum atomic E-state index is -0.473. The lowest BCUT2D eigenvalue weighted by atomic mass is 10.1. The third-order valence-corrected chi connectivity index (χ3v) is 6.87. The molecule has 2 aromatic heterocycles. The van der Waals surface area contributed by atoms with Crippen LogP contribution in [-0.2, 0) is 11.3 Å². The van der Waals surface area contributed by atoms with Crippen LogP contribution in [0.25, 0.3) is 0 Å². The van der Waals surface area contributed by atoms with Gasteiger partial charge in [0.25, 0.3) is 0 Å². The molecule has 0 bridgehead atoms. The molecule has 1 aliphatic rings. The lowest BCUT2D eigenvalue weighted by Crippen LogP contribution is -2.20. The van der Waals surface area contributed by atoms with Crippen LogP contribution in [0.5, 0.6) is 0 Å². The number of aryl methyl sites for hydroxylation is 2. The monoisotopic (exact) mass is 458 g/mol. The molecule has 2 aromatic carbocycles. The first kappa shape index (κ1) is 21.5. The SMILES string of the molecule is Cc1cc(C)cc(NC(=O)C(Sc2nnc(C3CC3)n2Cc2ccco2)c2ccccc2)c1. The maximum atomic E-state index is 13.5. The first-order valence-electron chi connectivity index (χ1n) is 11.1. The number of carbonyl (C=O) groups is 1. The summed E-state index contributed by atoms with van der Waals surface area (Å²) in [6.07, 6.45) is 3.92. The lowest BCUT2D eigenvalue weighted by Gasteiger charge is -2.18. The van der Waals surface area contributed by atoms with Crippen molar-refractivity contribution in [2.24, 2.45) is 0 Å². The van der Waals surface area contributed by atoms with Crippen LogP contribution >= 0.6 is 11.8 Å².